The van der Waals surface area contributed by atoms with E-state index < -0.39 is 6.10 Å². The molecule has 0 bridgehead atoms. The van der Waals surface area contributed by atoms with Gasteiger partial charge in [0.1, 0.15) is 5.75 Å². The molecule has 0 unspecified atom stereocenters. The van der Waals surface area contributed by atoms with Gasteiger partial charge in [-0.3, -0.25) is 4.79 Å². The van der Waals surface area contributed by atoms with Crippen molar-refractivity contribution in [3.05, 3.63) is 64.7 Å². The summed E-state index contributed by atoms with van der Waals surface area (Å²) in [4.78, 5) is 12.5. The first-order valence-corrected chi connectivity index (χ1v) is 8.51. The molecule has 0 fully saturated rings. The molecule has 1 amide bonds. The number of ether oxygens (including phenoxy) is 1. The van der Waals surface area contributed by atoms with Gasteiger partial charge in [0.15, 0.2) is 6.10 Å². The summed E-state index contributed by atoms with van der Waals surface area (Å²) < 4.78 is 5.85. The zero-order valence-electron chi connectivity index (χ0n) is 15.2. The average molecular weight is 325 g/mol. The summed E-state index contributed by atoms with van der Waals surface area (Å²) in [5, 5.41) is 3.06. The molecule has 24 heavy (non-hydrogen) atoms. The highest BCUT2D eigenvalue weighted by atomic mass is 16.5. The maximum absolute atomic E-state index is 12.5. The molecule has 0 heterocycles. The molecule has 0 aromatic heterocycles. The number of aryl methyl sites for hydroxylation is 3. The lowest BCUT2D eigenvalue weighted by atomic mass is 10.0. The maximum atomic E-state index is 12.5. The predicted octanol–water partition coefficient (Wildman–Crippen LogP) is 4.65. The molecule has 3 heteroatoms. The molecule has 0 aliphatic carbocycles. The van der Waals surface area contributed by atoms with E-state index in [1.165, 1.54) is 16.7 Å². The SMILES string of the molecule is CC[C@H](Oc1ccc(C)cc1)C(=O)N[C@@H](C)c1ccc(C)c(C)c1. The highest BCUT2D eigenvalue weighted by Crippen LogP contribution is 2.18. The molecule has 0 aliphatic heterocycles. The number of amides is 1. The minimum atomic E-state index is -0.485. The number of hydrogen-bond acceptors (Lipinski definition) is 2. The third kappa shape index (κ3) is 4.60. The lowest BCUT2D eigenvalue weighted by molar-refractivity contribution is -0.128. The fourth-order valence-electron chi connectivity index (χ4n) is 2.53. The Kier molecular flexibility index (Phi) is 6.02. The van der Waals surface area contributed by atoms with Crippen molar-refractivity contribution in [2.24, 2.45) is 0 Å². The number of hydrogen-bond donors (Lipinski definition) is 1. The topological polar surface area (TPSA) is 38.3 Å². The third-order valence-electron chi connectivity index (χ3n) is 4.35. The zero-order valence-corrected chi connectivity index (χ0v) is 15.2. The summed E-state index contributed by atoms with van der Waals surface area (Å²) >= 11 is 0. The van der Waals surface area contributed by atoms with E-state index >= 15 is 0 Å². The standard InChI is InChI=1S/C21H27NO2/c1-6-20(24-19-11-7-14(2)8-12-19)21(23)22-17(5)18-10-9-15(3)16(4)13-18/h7-13,17,20H,6H2,1-5H3,(H,22,23)/t17-,20-/m0/s1. The van der Waals surface area contributed by atoms with E-state index in [4.69, 9.17) is 4.74 Å². The van der Waals surface area contributed by atoms with Crippen molar-refractivity contribution in [1.82, 2.24) is 5.32 Å². The van der Waals surface area contributed by atoms with Crippen LogP contribution in [0.4, 0.5) is 0 Å². The second kappa shape index (κ2) is 8.00. The molecule has 2 rings (SSSR count). The molecule has 0 saturated heterocycles. The number of nitrogens with one attached hydrogen (secondary N) is 1. The Morgan fingerprint density at radius 1 is 1.04 bits per heavy atom. The van der Waals surface area contributed by atoms with Crippen LogP contribution in [-0.4, -0.2) is 12.0 Å². The molecule has 128 valence electrons. The minimum Gasteiger partial charge on any atom is -0.481 e. The maximum Gasteiger partial charge on any atom is 0.261 e. The second-order valence-electron chi connectivity index (χ2n) is 6.40. The number of carbonyl (C=O) groups excluding carboxylic acids is 1. The number of rotatable bonds is 6. The number of carbonyl (C=O) groups is 1. The first kappa shape index (κ1) is 18.1. The van der Waals surface area contributed by atoms with Crippen LogP contribution >= 0.6 is 0 Å². The van der Waals surface area contributed by atoms with Gasteiger partial charge in [-0.1, -0.05) is 42.8 Å². The van der Waals surface area contributed by atoms with Gasteiger partial charge in [-0.15, -0.1) is 0 Å². The molecule has 2 aromatic rings. The van der Waals surface area contributed by atoms with E-state index in [1.54, 1.807) is 0 Å². The van der Waals surface area contributed by atoms with E-state index in [2.05, 4.69) is 37.4 Å². The molecule has 0 aliphatic rings. The average Bonchev–Trinajstić information content (AvgIpc) is 2.56. The van der Waals surface area contributed by atoms with Gasteiger partial charge in [0.2, 0.25) is 0 Å². The van der Waals surface area contributed by atoms with E-state index in [1.807, 2.05) is 45.0 Å². The molecule has 2 aromatic carbocycles. The smallest absolute Gasteiger partial charge is 0.261 e. The minimum absolute atomic E-state index is 0.0486. The van der Waals surface area contributed by atoms with Crippen molar-refractivity contribution in [2.45, 2.75) is 53.2 Å². The Labute approximate surface area is 145 Å². The van der Waals surface area contributed by atoms with E-state index in [0.29, 0.717) is 6.42 Å². The molecular weight excluding hydrogens is 298 g/mol. The monoisotopic (exact) mass is 325 g/mol. The Bertz CT molecular complexity index is 691. The van der Waals surface area contributed by atoms with Crippen LogP contribution in [0.25, 0.3) is 0 Å². The first-order chi connectivity index (χ1) is 11.4. The summed E-state index contributed by atoms with van der Waals surface area (Å²) in [5.74, 6) is 0.644. The first-order valence-electron chi connectivity index (χ1n) is 8.51. The Morgan fingerprint density at radius 3 is 2.29 bits per heavy atom. The van der Waals surface area contributed by atoms with Crippen LogP contribution in [0, 0.1) is 20.8 Å². The normalized spacial score (nSPS) is 13.2. The van der Waals surface area contributed by atoms with Crippen molar-refractivity contribution in [2.75, 3.05) is 0 Å². The molecule has 0 saturated carbocycles. The quantitative estimate of drug-likeness (QED) is 0.840. The lowest BCUT2D eigenvalue weighted by Crippen LogP contribution is -2.39. The van der Waals surface area contributed by atoms with Gasteiger partial charge in [0.25, 0.3) is 5.91 Å². The van der Waals surface area contributed by atoms with Gasteiger partial charge in [-0.05, 0) is 62.9 Å². The summed E-state index contributed by atoms with van der Waals surface area (Å²) in [7, 11) is 0. The van der Waals surface area contributed by atoms with Gasteiger partial charge in [0.05, 0.1) is 6.04 Å². The molecule has 1 N–H and O–H groups in total. The Morgan fingerprint density at radius 2 is 1.71 bits per heavy atom. The van der Waals surface area contributed by atoms with E-state index in [-0.39, 0.29) is 11.9 Å². The van der Waals surface area contributed by atoms with Crippen molar-refractivity contribution in [3.63, 3.8) is 0 Å². The van der Waals surface area contributed by atoms with Crippen LogP contribution in [0.1, 0.15) is 48.6 Å². The van der Waals surface area contributed by atoms with Gasteiger partial charge in [-0.25, -0.2) is 0 Å². The van der Waals surface area contributed by atoms with E-state index in [0.717, 1.165) is 11.3 Å². The second-order valence-corrected chi connectivity index (χ2v) is 6.40. The van der Waals surface area contributed by atoms with Crippen LogP contribution in [0.15, 0.2) is 42.5 Å². The van der Waals surface area contributed by atoms with E-state index in [9.17, 15) is 4.79 Å². The van der Waals surface area contributed by atoms with Crippen LogP contribution in [0.5, 0.6) is 5.75 Å². The van der Waals surface area contributed by atoms with Gasteiger partial charge in [0, 0.05) is 0 Å². The summed E-state index contributed by atoms with van der Waals surface area (Å²) in [6, 6.07) is 14.0. The Balaban J connectivity index is 2.02. The Hall–Kier alpha value is -2.29. The van der Waals surface area contributed by atoms with Gasteiger partial charge in [-0.2, -0.15) is 0 Å². The fourth-order valence-corrected chi connectivity index (χ4v) is 2.53. The van der Waals surface area contributed by atoms with Gasteiger partial charge < -0.3 is 10.1 Å². The van der Waals surface area contributed by atoms with Crippen molar-refractivity contribution >= 4 is 5.91 Å². The van der Waals surface area contributed by atoms with Crippen molar-refractivity contribution in [1.29, 1.82) is 0 Å². The van der Waals surface area contributed by atoms with Crippen LogP contribution in [-0.2, 0) is 4.79 Å². The summed E-state index contributed by atoms with van der Waals surface area (Å²) in [6.45, 7) is 10.2. The predicted molar refractivity (Wildman–Crippen MR) is 98.4 cm³/mol. The zero-order chi connectivity index (χ0) is 17.7. The molecule has 0 radical (unpaired) electrons. The highest BCUT2D eigenvalue weighted by Gasteiger charge is 2.20. The number of benzene rings is 2. The largest absolute Gasteiger partial charge is 0.481 e. The molecule has 2 atom stereocenters. The highest BCUT2D eigenvalue weighted by molar-refractivity contribution is 5.81. The third-order valence-corrected chi connectivity index (χ3v) is 4.35. The van der Waals surface area contributed by atoms with Gasteiger partial charge >= 0.3 is 0 Å². The van der Waals surface area contributed by atoms with Crippen LogP contribution < -0.4 is 10.1 Å². The summed E-state index contributed by atoms with van der Waals surface area (Å²) in [6.07, 6.45) is 0.140. The van der Waals surface area contributed by atoms with Crippen molar-refractivity contribution < 1.29 is 9.53 Å². The lowest BCUT2D eigenvalue weighted by Gasteiger charge is -2.21. The summed E-state index contributed by atoms with van der Waals surface area (Å²) in [5.41, 5.74) is 4.77. The molecule has 3 nitrogen and oxygen atoms in total. The molecule has 0 spiro atoms. The molecular formula is C21H27NO2. The van der Waals surface area contributed by atoms with Crippen LogP contribution in [0.3, 0.4) is 0 Å². The van der Waals surface area contributed by atoms with Crippen molar-refractivity contribution in [3.8, 4) is 5.75 Å². The fraction of sp³-hybridized carbons (Fsp3) is 0.381. The van der Waals surface area contributed by atoms with Crippen LogP contribution in [0.2, 0.25) is 0 Å².